The van der Waals surface area contributed by atoms with Crippen molar-refractivity contribution < 1.29 is 33.2 Å². The van der Waals surface area contributed by atoms with Gasteiger partial charge in [-0.25, -0.2) is 0 Å². The molecule has 0 aromatic heterocycles. The molecule has 5 fully saturated rings. The monoisotopic (exact) mass is 556 g/mol. The Morgan fingerprint density at radius 1 is 1.00 bits per heavy atom. The molecule has 4 aliphatic heterocycles. The first-order valence-corrected chi connectivity index (χ1v) is 15.2. The van der Waals surface area contributed by atoms with Crippen LogP contribution < -0.4 is 0 Å². The number of thiocarbonyl (C=S) groups is 1. The van der Waals surface area contributed by atoms with Crippen LogP contribution in [-0.4, -0.2) is 79.2 Å². The molecule has 210 valence electrons. The van der Waals surface area contributed by atoms with Gasteiger partial charge in [0, 0.05) is 29.8 Å². The highest BCUT2D eigenvalue weighted by Gasteiger charge is 2.71. The second kappa shape index (κ2) is 9.68. The van der Waals surface area contributed by atoms with E-state index in [1.54, 1.807) is 7.11 Å². The first kappa shape index (κ1) is 28.3. The van der Waals surface area contributed by atoms with E-state index in [4.69, 9.17) is 45.4 Å². The van der Waals surface area contributed by atoms with E-state index in [-0.39, 0.29) is 47.1 Å². The van der Waals surface area contributed by atoms with Crippen LogP contribution in [-0.2, 0) is 33.2 Å². The van der Waals surface area contributed by atoms with Crippen LogP contribution in [0.4, 0.5) is 0 Å². The molecule has 0 aromatic rings. The molecule has 1 aliphatic carbocycles. The minimum Gasteiger partial charge on any atom is -0.472 e. The van der Waals surface area contributed by atoms with E-state index >= 15 is 0 Å². The van der Waals surface area contributed by atoms with Crippen molar-refractivity contribution in [2.45, 2.75) is 102 Å². The largest absolute Gasteiger partial charge is 0.472 e. The van der Waals surface area contributed by atoms with Crippen LogP contribution in [0, 0.1) is 22.7 Å². The highest BCUT2D eigenvalue weighted by Crippen LogP contribution is 2.65. The third-order valence-electron chi connectivity index (χ3n) is 9.77. The molecule has 0 unspecified atom stereocenters. The number of rotatable bonds is 4. The van der Waals surface area contributed by atoms with Crippen molar-refractivity contribution in [1.82, 2.24) is 0 Å². The molecule has 1 saturated carbocycles. The van der Waals surface area contributed by atoms with Crippen LogP contribution in [0.5, 0.6) is 0 Å². The zero-order valence-electron chi connectivity index (χ0n) is 23.5. The van der Waals surface area contributed by atoms with Gasteiger partial charge in [0.1, 0.15) is 17.8 Å². The molecule has 7 nitrogen and oxygen atoms in total. The average molecular weight is 557 g/mol. The summed E-state index contributed by atoms with van der Waals surface area (Å²) in [4.78, 5) is 0. The van der Waals surface area contributed by atoms with Gasteiger partial charge in [0.15, 0.2) is 11.6 Å². The Kier molecular flexibility index (Phi) is 7.40. The number of hydrogen-bond acceptors (Lipinski definition) is 9. The Bertz CT molecular complexity index is 916. The fraction of sp³-hybridized carbons (Fsp3) is 0.893. The van der Waals surface area contributed by atoms with Gasteiger partial charge in [-0.3, -0.25) is 0 Å². The van der Waals surface area contributed by atoms with Crippen molar-refractivity contribution in [2.24, 2.45) is 22.7 Å². The van der Waals surface area contributed by atoms with Gasteiger partial charge in [0.05, 0.1) is 32.0 Å². The maximum atomic E-state index is 7.16. The van der Waals surface area contributed by atoms with Crippen LogP contribution in [0.15, 0.2) is 12.2 Å². The van der Waals surface area contributed by atoms with E-state index in [1.807, 2.05) is 33.1 Å². The number of hydrogen-bond donors (Lipinski definition) is 0. The lowest BCUT2D eigenvalue weighted by atomic mass is 9.52. The zero-order valence-corrected chi connectivity index (χ0v) is 25.2. The molecule has 4 saturated heterocycles. The summed E-state index contributed by atoms with van der Waals surface area (Å²) in [7, 11) is 1.80. The van der Waals surface area contributed by atoms with Crippen molar-refractivity contribution in [3.05, 3.63) is 12.2 Å². The van der Waals surface area contributed by atoms with E-state index in [2.05, 4.69) is 26.8 Å². The van der Waals surface area contributed by atoms with Gasteiger partial charge in [-0.05, 0) is 70.7 Å². The van der Waals surface area contributed by atoms with Crippen molar-refractivity contribution >= 4 is 28.4 Å². The van der Waals surface area contributed by atoms with Gasteiger partial charge >= 0.3 is 0 Å². The molecule has 4 heterocycles. The summed E-state index contributed by atoms with van der Waals surface area (Å²) < 4.78 is 45.4. The van der Waals surface area contributed by atoms with Crippen LogP contribution in [0.2, 0.25) is 0 Å². The molecule has 5 rings (SSSR count). The predicted octanol–water partition coefficient (Wildman–Crippen LogP) is 5.11. The summed E-state index contributed by atoms with van der Waals surface area (Å²) in [6.45, 7) is 14.6. The molecule has 0 spiro atoms. The summed E-state index contributed by atoms with van der Waals surface area (Å²) in [5.74, 6) is -1.05. The molecular weight excluding hydrogens is 512 g/mol. The first-order chi connectivity index (χ1) is 17.3. The van der Waals surface area contributed by atoms with Gasteiger partial charge < -0.3 is 33.2 Å². The third kappa shape index (κ3) is 4.63. The minimum absolute atomic E-state index is 0.110. The van der Waals surface area contributed by atoms with E-state index in [1.165, 1.54) is 11.8 Å². The topological polar surface area (TPSA) is 64.6 Å². The fourth-order valence-electron chi connectivity index (χ4n) is 7.90. The van der Waals surface area contributed by atoms with Crippen LogP contribution in [0.3, 0.4) is 0 Å². The smallest absolute Gasteiger partial charge is 0.220 e. The normalized spacial score (nSPS) is 45.7. The van der Waals surface area contributed by atoms with Crippen molar-refractivity contribution in [1.29, 1.82) is 0 Å². The Balaban J connectivity index is 1.62. The molecule has 37 heavy (non-hydrogen) atoms. The Morgan fingerprint density at radius 2 is 1.70 bits per heavy atom. The van der Waals surface area contributed by atoms with Gasteiger partial charge in [0.25, 0.3) is 0 Å². The standard InChI is InChI=1S/C28H44O7S2/c1-24(2)15-19(33-23(36)37-8)21-26(5)10-9-18-17(16-32-25(3,4)35-18)20(26)22(34-21)28(24,29-7)12-11-27(6)30-13-14-31-27/h11-12,17-22H,9-10,13-16H2,1-8H3/b12-11+/t17-,18+,19-,20-,21+,22+,26-,28-/m1/s1. The number of fused-ring (bicyclic) bond motifs is 7. The minimum atomic E-state index is -0.790. The van der Waals surface area contributed by atoms with Crippen molar-refractivity contribution in [3.63, 3.8) is 0 Å². The molecule has 9 heteroatoms. The van der Waals surface area contributed by atoms with E-state index in [9.17, 15) is 0 Å². The van der Waals surface area contributed by atoms with Crippen LogP contribution >= 0.6 is 24.0 Å². The van der Waals surface area contributed by atoms with E-state index in [0.29, 0.717) is 24.2 Å². The fourth-order valence-corrected chi connectivity index (χ4v) is 8.24. The molecule has 0 amide bonds. The molecule has 0 aromatic carbocycles. The van der Waals surface area contributed by atoms with Crippen molar-refractivity contribution in [3.8, 4) is 0 Å². The average Bonchev–Trinajstić information content (AvgIpc) is 3.37. The summed E-state index contributed by atoms with van der Waals surface area (Å²) in [5, 5.41) is 0. The van der Waals surface area contributed by atoms with Gasteiger partial charge in [-0.2, -0.15) is 0 Å². The summed E-state index contributed by atoms with van der Waals surface area (Å²) in [6.07, 6.45) is 8.38. The van der Waals surface area contributed by atoms with Gasteiger partial charge in [-0.15, -0.1) is 0 Å². The lowest BCUT2D eigenvalue weighted by molar-refractivity contribution is -0.316. The maximum Gasteiger partial charge on any atom is 0.220 e. The lowest BCUT2D eigenvalue weighted by Crippen LogP contribution is -2.64. The third-order valence-corrected chi connectivity index (χ3v) is 10.8. The molecule has 5 aliphatic rings. The van der Waals surface area contributed by atoms with Gasteiger partial charge in [-0.1, -0.05) is 32.5 Å². The number of methoxy groups -OCH3 is 1. The number of thioether (sulfide) groups is 1. The summed E-state index contributed by atoms with van der Waals surface area (Å²) >= 11 is 7.03. The first-order valence-electron chi connectivity index (χ1n) is 13.6. The van der Waals surface area contributed by atoms with Crippen LogP contribution in [0.25, 0.3) is 0 Å². The Hall–Kier alpha value is -0.260. The number of ether oxygens (including phenoxy) is 7. The summed E-state index contributed by atoms with van der Waals surface area (Å²) in [6, 6.07) is 0. The summed E-state index contributed by atoms with van der Waals surface area (Å²) in [5.41, 5.74) is -1.26. The van der Waals surface area contributed by atoms with Gasteiger partial charge in [0.2, 0.25) is 4.38 Å². The maximum absolute atomic E-state index is 7.16. The second-order valence-electron chi connectivity index (χ2n) is 12.8. The molecule has 0 radical (unpaired) electrons. The quantitative estimate of drug-likeness (QED) is 0.347. The lowest BCUT2D eigenvalue weighted by Gasteiger charge is -2.57. The van der Waals surface area contributed by atoms with E-state index < -0.39 is 17.2 Å². The molecule has 8 atom stereocenters. The molecule has 2 bridgehead atoms. The predicted molar refractivity (Wildman–Crippen MR) is 146 cm³/mol. The van der Waals surface area contributed by atoms with Crippen molar-refractivity contribution in [2.75, 3.05) is 33.2 Å². The van der Waals surface area contributed by atoms with E-state index in [0.717, 1.165) is 19.3 Å². The van der Waals surface area contributed by atoms with Crippen LogP contribution in [0.1, 0.15) is 60.8 Å². The Morgan fingerprint density at radius 3 is 2.35 bits per heavy atom. The highest BCUT2D eigenvalue weighted by molar-refractivity contribution is 8.22. The molecule has 0 N–H and O–H groups in total. The zero-order chi connectivity index (χ0) is 26.9. The SMILES string of the molecule is CO[C@]1(/C=C/C2(C)OCCO2)[C@H]2O[C@@H]([C@H](OC(=S)SC)CC1(C)C)[C@]1(C)CC[C@@H]3OC(C)(C)OC[C@H]3[C@H]21. The molecular formula is C28H44O7S2. The Labute approximate surface area is 231 Å². The highest BCUT2D eigenvalue weighted by atomic mass is 32.2. The second-order valence-corrected chi connectivity index (χ2v) is 14.2.